The van der Waals surface area contributed by atoms with Gasteiger partial charge in [0.15, 0.2) is 0 Å². The molecule has 248 valence electrons. The Labute approximate surface area is 310 Å². The van der Waals surface area contributed by atoms with E-state index in [-0.39, 0.29) is 0 Å². The second-order valence-electron chi connectivity index (χ2n) is 13.6. The molecule has 0 unspecified atom stereocenters. The molecule has 2 heterocycles. The van der Waals surface area contributed by atoms with Gasteiger partial charge in [0.05, 0.1) is 22.4 Å². The molecule has 0 bridgehead atoms. The predicted octanol–water partition coefficient (Wildman–Crippen LogP) is 15.1. The topological polar surface area (TPSA) is 16.4 Å². The molecule has 11 aromatic rings. The molecule has 0 fully saturated rings. The average Bonchev–Trinajstić information content (AvgIpc) is 3.80. The largest absolute Gasteiger partial charge is 0.456 e. The lowest BCUT2D eigenvalue weighted by Crippen LogP contribution is -2.12. The molecule has 0 amide bonds. The van der Waals surface area contributed by atoms with E-state index in [0.29, 0.717) is 0 Å². The van der Waals surface area contributed by atoms with Crippen molar-refractivity contribution in [2.75, 3.05) is 4.90 Å². The molecule has 0 aliphatic rings. The number of benzene rings is 9. The summed E-state index contributed by atoms with van der Waals surface area (Å²) in [5.41, 5.74) is 9.76. The van der Waals surface area contributed by atoms with Crippen molar-refractivity contribution in [2.45, 2.75) is 0 Å². The third-order valence-electron chi connectivity index (χ3n) is 10.6. The lowest BCUT2D eigenvalue weighted by atomic mass is 9.91. The molecule has 0 aliphatic heterocycles. The molecule has 53 heavy (non-hydrogen) atoms. The van der Waals surface area contributed by atoms with E-state index < -0.39 is 0 Å². The van der Waals surface area contributed by atoms with Gasteiger partial charge in [-0.1, -0.05) is 140 Å². The fourth-order valence-electron chi connectivity index (χ4n) is 8.31. The Kier molecular flexibility index (Phi) is 6.76. The van der Waals surface area contributed by atoms with Crippen LogP contribution in [0.3, 0.4) is 0 Å². The van der Waals surface area contributed by atoms with E-state index >= 15 is 0 Å². The zero-order valence-electron chi connectivity index (χ0n) is 28.7. The van der Waals surface area contributed by atoms with Crippen LogP contribution in [-0.4, -0.2) is 0 Å². The van der Waals surface area contributed by atoms with E-state index in [2.05, 4.69) is 187 Å². The van der Waals surface area contributed by atoms with Crippen LogP contribution in [0.2, 0.25) is 0 Å². The molecule has 0 radical (unpaired) electrons. The van der Waals surface area contributed by atoms with Gasteiger partial charge < -0.3 is 9.32 Å². The first-order valence-corrected chi connectivity index (χ1v) is 18.8. The molecule has 0 saturated heterocycles. The van der Waals surface area contributed by atoms with E-state index in [4.69, 9.17) is 4.42 Å². The van der Waals surface area contributed by atoms with Gasteiger partial charge in [0.1, 0.15) is 11.2 Å². The highest BCUT2D eigenvalue weighted by Crippen LogP contribution is 2.51. The van der Waals surface area contributed by atoms with Gasteiger partial charge in [0, 0.05) is 31.1 Å². The number of furan rings is 1. The number of anilines is 3. The van der Waals surface area contributed by atoms with Crippen LogP contribution in [0.4, 0.5) is 17.1 Å². The maximum Gasteiger partial charge on any atom is 0.137 e. The highest BCUT2D eigenvalue weighted by atomic mass is 32.1. The fourth-order valence-corrected chi connectivity index (χ4v) is 9.44. The van der Waals surface area contributed by atoms with Crippen molar-refractivity contribution in [1.29, 1.82) is 0 Å². The maximum absolute atomic E-state index is 6.53. The molecule has 9 aromatic carbocycles. The Morgan fingerprint density at radius 3 is 1.87 bits per heavy atom. The molecule has 0 saturated carbocycles. The standard InChI is InChI=1S/C50H31NOS/c1-2-14-32(15-3-1)36-29-28-34(41-30-33-16-4-5-17-35(33)37-18-6-7-19-38(37)41)31-44(36)51(42-22-12-25-46-49(42)39-20-8-10-24-45(39)52-46)43-23-13-27-48-50(43)40-21-9-11-26-47(40)53-48/h1-31H. The number of thiophene rings is 1. The van der Waals surface area contributed by atoms with Crippen LogP contribution in [0, 0.1) is 0 Å². The van der Waals surface area contributed by atoms with Gasteiger partial charge in [-0.3, -0.25) is 0 Å². The first kappa shape index (κ1) is 30.0. The number of rotatable bonds is 5. The molecular formula is C50H31NOS. The summed E-state index contributed by atoms with van der Waals surface area (Å²) >= 11 is 1.85. The van der Waals surface area contributed by atoms with Crippen molar-refractivity contribution in [3.8, 4) is 22.3 Å². The first-order valence-electron chi connectivity index (χ1n) is 18.0. The normalized spacial score (nSPS) is 11.8. The minimum Gasteiger partial charge on any atom is -0.456 e. The number of nitrogens with zero attached hydrogens (tertiary/aromatic N) is 1. The number of para-hydroxylation sites is 1. The van der Waals surface area contributed by atoms with Crippen LogP contribution in [0.15, 0.2) is 192 Å². The van der Waals surface area contributed by atoms with Crippen LogP contribution in [0.1, 0.15) is 0 Å². The third-order valence-corrected chi connectivity index (χ3v) is 11.8. The molecular weight excluding hydrogens is 663 g/mol. The summed E-state index contributed by atoms with van der Waals surface area (Å²) in [6.07, 6.45) is 0. The molecule has 0 spiro atoms. The second-order valence-corrected chi connectivity index (χ2v) is 14.7. The highest BCUT2D eigenvalue weighted by molar-refractivity contribution is 7.26. The minimum absolute atomic E-state index is 0.869. The minimum atomic E-state index is 0.869. The molecule has 2 nitrogen and oxygen atoms in total. The Morgan fingerprint density at radius 1 is 0.358 bits per heavy atom. The summed E-state index contributed by atoms with van der Waals surface area (Å²) in [5.74, 6) is 0. The summed E-state index contributed by atoms with van der Waals surface area (Å²) in [6.45, 7) is 0. The fraction of sp³-hybridized carbons (Fsp3) is 0. The van der Waals surface area contributed by atoms with Gasteiger partial charge >= 0.3 is 0 Å². The van der Waals surface area contributed by atoms with Crippen LogP contribution >= 0.6 is 11.3 Å². The van der Waals surface area contributed by atoms with Crippen molar-refractivity contribution in [2.24, 2.45) is 0 Å². The Morgan fingerprint density at radius 2 is 1.00 bits per heavy atom. The Hall–Kier alpha value is -6.68. The summed E-state index contributed by atoms with van der Waals surface area (Å²) in [5, 5.41) is 9.71. The van der Waals surface area contributed by atoms with E-state index in [1.54, 1.807) is 0 Å². The van der Waals surface area contributed by atoms with Crippen molar-refractivity contribution < 1.29 is 4.42 Å². The maximum atomic E-state index is 6.53. The summed E-state index contributed by atoms with van der Waals surface area (Å²) in [4.78, 5) is 2.50. The zero-order valence-corrected chi connectivity index (χ0v) is 29.5. The van der Waals surface area contributed by atoms with Crippen LogP contribution < -0.4 is 4.90 Å². The van der Waals surface area contributed by atoms with Gasteiger partial charge in [-0.2, -0.15) is 0 Å². The number of hydrogen-bond acceptors (Lipinski definition) is 3. The smallest absolute Gasteiger partial charge is 0.137 e. The van der Waals surface area contributed by atoms with Crippen molar-refractivity contribution in [1.82, 2.24) is 0 Å². The zero-order chi connectivity index (χ0) is 34.9. The van der Waals surface area contributed by atoms with Crippen molar-refractivity contribution in [3.05, 3.63) is 188 Å². The van der Waals surface area contributed by atoms with E-state index in [1.807, 2.05) is 17.4 Å². The Balaban J connectivity index is 1.29. The molecule has 0 atom stereocenters. The third kappa shape index (κ3) is 4.71. The van der Waals surface area contributed by atoms with Gasteiger partial charge in [-0.25, -0.2) is 0 Å². The molecule has 2 aromatic heterocycles. The lowest BCUT2D eigenvalue weighted by molar-refractivity contribution is 0.669. The molecule has 11 rings (SSSR count). The summed E-state index contributed by atoms with van der Waals surface area (Å²) in [6, 6.07) is 68.1. The monoisotopic (exact) mass is 693 g/mol. The lowest BCUT2D eigenvalue weighted by Gasteiger charge is -2.30. The summed E-state index contributed by atoms with van der Waals surface area (Å²) < 4.78 is 9.07. The van der Waals surface area contributed by atoms with Crippen LogP contribution in [-0.2, 0) is 0 Å². The molecule has 0 aliphatic carbocycles. The van der Waals surface area contributed by atoms with Crippen LogP contribution in [0.25, 0.3) is 85.9 Å². The van der Waals surface area contributed by atoms with Gasteiger partial charge in [-0.15, -0.1) is 11.3 Å². The van der Waals surface area contributed by atoms with Crippen LogP contribution in [0.5, 0.6) is 0 Å². The predicted molar refractivity (Wildman–Crippen MR) is 227 cm³/mol. The second kappa shape index (κ2) is 11.9. The average molecular weight is 694 g/mol. The van der Waals surface area contributed by atoms with E-state index in [1.165, 1.54) is 52.8 Å². The molecule has 3 heteroatoms. The van der Waals surface area contributed by atoms with E-state index in [9.17, 15) is 0 Å². The Bertz CT molecular complexity index is 3080. The molecule has 0 N–H and O–H groups in total. The van der Waals surface area contributed by atoms with Crippen molar-refractivity contribution in [3.63, 3.8) is 0 Å². The highest BCUT2D eigenvalue weighted by Gasteiger charge is 2.25. The van der Waals surface area contributed by atoms with Gasteiger partial charge in [0.25, 0.3) is 0 Å². The van der Waals surface area contributed by atoms with E-state index in [0.717, 1.165) is 50.1 Å². The first-order chi connectivity index (χ1) is 26.3. The van der Waals surface area contributed by atoms with Crippen molar-refractivity contribution >= 4 is 92.1 Å². The number of fused-ring (bicyclic) bond motifs is 9. The quantitative estimate of drug-likeness (QED) is 0.167. The SMILES string of the molecule is c1ccc(-c2ccc(-c3cc4ccccc4c4ccccc34)cc2N(c2cccc3oc4ccccc4c23)c2cccc3sc4ccccc4c23)cc1. The summed E-state index contributed by atoms with van der Waals surface area (Å²) in [7, 11) is 0. The van der Waals surface area contributed by atoms with Gasteiger partial charge in [0.2, 0.25) is 0 Å². The number of hydrogen-bond donors (Lipinski definition) is 0. The van der Waals surface area contributed by atoms with Gasteiger partial charge in [-0.05, 0) is 86.8 Å².